The summed E-state index contributed by atoms with van der Waals surface area (Å²) >= 11 is 0. The van der Waals surface area contributed by atoms with Gasteiger partial charge in [-0.15, -0.1) is 0 Å². The average Bonchev–Trinajstić information content (AvgIpc) is 3.18. The van der Waals surface area contributed by atoms with Gasteiger partial charge in [-0.2, -0.15) is 0 Å². The van der Waals surface area contributed by atoms with Crippen LogP contribution in [0.4, 0.5) is 0 Å². The van der Waals surface area contributed by atoms with Gasteiger partial charge in [0.2, 0.25) is 0 Å². The lowest BCUT2D eigenvalue weighted by molar-refractivity contribution is 0.0924. The van der Waals surface area contributed by atoms with Crippen molar-refractivity contribution in [3.8, 4) is 0 Å². The topological polar surface area (TPSA) is 69.3 Å². The van der Waals surface area contributed by atoms with Crippen molar-refractivity contribution >= 4 is 5.91 Å². The lowest BCUT2D eigenvalue weighted by Gasteiger charge is -2.18. The van der Waals surface area contributed by atoms with Crippen LogP contribution in [0, 0.1) is 26.7 Å². The fraction of sp³-hybridized carbons (Fsp3) is 0.529. The van der Waals surface area contributed by atoms with Gasteiger partial charge in [0.1, 0.15) is 5.76 Å². The van der Waals surface area contributed by atoms with E-state index < -0.39 is 0 Å². The molecule has 1 fully saturated rings. The summed E-state index contributed by atoms with van der Waals surface area (Å²) in [5.41, 5.74) is 3.64. The summed E-state index contributed by atoms with van der Waals surface area (Å²) < 4.78 is 12.9. The van der Waals surface area contributed by atoms with Crippen LogP contribution in [0.2, 0.25) is 0 Å². The molecule has 0 saturated carbocycles. The van der Waals surface area contributed by atoms with E-state index in [0.717, 1.165) is 34.8 Å². The molecule has 0 aromatic carbocycles. The third-order valence-corrected chi connectivity index (χ3v) is 4.67. The molecule has 0 aliphatic carbocycles. The fourth-order valence-corrected chi connectivity index (χ4v) is 3.06. The summed E-state index contributed by atoms with van der Waals surface area (Å²) in [6.07, 6.45) is 0.721. The van der Waals surface area contributed by atoms with E-state index in [1.807, 2.05) is 44.5 Å². The first-order valence-electron chi connectivity index (χ1n) is 7.89. The second-order valence-corrected chi connectivity index (χ2v) is 6.36. The monoisotopic (exact) mass is 317 g/mol. The Labute approximate surface area is 135 Å². The molecule has 124 valence electrons. The Balaban J connectivity index is 1.68. The maximum atomic E-state index is 12.6. The highest BCUT2D eigenvalue weighted by atomic mass is 16.5. The van der Waals surface area contributed by atoms with Crippen LogP contribution in [0.3, 0.4) is 0 Å². The first-order valence-corrected chi connectivity index (χ1v) is 7.89. The number of hydrogen-bond donors (Lipinski definition) is 1. The minimum atomic E-state index is -0.0412. The van der Waals surface area contributed by atoms with Crippen LogP contribution in [0.5, 0.6) is 0 Å². The lowest BCUT2D eigenvalue weighted by Crippen LogP contribution is -2.40. The Morgan fingerprint density at radius 3 is 2.74 bits per heavy atom. The van der Waals surface area contributed by atoms with Crippen LogP contribution in [0.25, 0.3) is 0 Å². The van der Waals surface area contributed by atoms with Crippen molar-refractivity contribution in [2.45, 2.75) is 33.2 Å². The molecule has 0 radical (unpaired) electrons. The predicted molar refractivity (Wildman–Crippen MR) is 85.4 cm³/mol. The molecule has 1 saturated heterocycles. The summed E-state index contributed by atoms with van der Waals surface area (Å²) in [5.74, 6) is 1.00. The zero-order chi connectivity index (χ0) is 16.6. The number of amides is 1. The van der Waals surface area contributed by atoms with Gasteiger partial charge in [0.05, 0.1) is 30.5 Å². The smallest absolute Gasteiger partial charge is 0.253 e. The van der Waals surface area contributed by atoms with Crippen LogP contribution in [-0.4, -0.2) is 34.9 Å². The summed E-state index contributed by atoms with van der Waals surface area (Å²) in [4.78, 5) is 12.6. The van der Waals surface area contributed by atoms with E-state index in [9.17, 15) is 4.79 Å². The van der Waals surface area contributed by atoms with Crippen LogP contribution in [-0.2, 0) is 18.2 Å². The summed E-state index contributed by atoms with van der Waals surface area (Å²) in [6.45, 7) is 7.02. The van der Waals surface area contributed by atoms with E-state index in [-0.39, 0.29) is 17.9 Å². The van der Waals surface area contributed by atoms with E-state index in [2.05, 4.69) is 10.5 Å². The molecule has 2 atom stereocenters. The predicted octanol–water partition coefficient (Wildman–Crippen LogP) is 1.93. The molecule has 6 nitrogen and oxygen atoms in total. The quantitative estimate of drug-likeness (QED) is 0.935. The number of hydrogen-bond acceptors (Lipinski definition) is 4. The molecular weight excluding hydrogens is 294 g/mol. The van der Waals surface area contributed by atoms with E-state index in [1.165, 1.54) is 0 Å². The molecule has 3 heterocycles. The molecule has 1 amide bonds. The van der Waals surface area contributed by atoms with Crippen molar-refractivity contribution in [3.63, 3.8) is 0 Å². The molecule has 1 aliphatic heterocycles. The van der Waals surface area contributed by atoms with Gasteiger partial charge >= 0.3 is 0 Å². The lowest BCUT2D eigenvalue weighted by atomic mass is 9.98. The highest BCUT2D eigenvalue weighted by molar-refractivity contribution is 5.95. The zero-order valence-electron chi connectivity index (χ0n) is 14.0. The highest BCUT2D eigenvalue weighted by Crippen LogP contribution is 2.21. The van der Waals surface area contributed by atoms with Gasteiger partial charge in [-0.25, -0.2) is 0 Å². The number of aromatic nitrogens is 2. The summed E-state index contributed by atoms with van der Waals surface area (Å²) in [5, 5.41) is 7.02. The third kappa shape index (κ3) is 3.17. The number of carbonyl (C=O) groups is 1. The van der Waals surface area contributed by atoms with Crippen LogP contribution in [0.15, 0.2) is 16.7 Å². The maximum absolute atomic E-state index is 12.6. The average molecular weight is 317 g/mol. The van der Waals surface area contributed by atoms with Gasteiger partial charge in [0.25, 0.3) is 5.91 Å². The van der Waals surface area contributed by atoms with Gasteiger partial charge in [0, 0.05) is 36.8 Å². The van der Waals surface area contributed by atoms with Gasteiger partial charge in [0.15, 0.2) is 0 Å². The Hall–Kier alpha value is -2.08. The SMILES string of the molecule is Cc1cc(C[C@@H]2COC[C@@H]2NC(=O)c2cc(C)n(C)c2C)on1. The van der Waals surface area contributed by atoms with Crippen LogP contribution in [0.1, 0.15) is 33.2 Å². The highest BCUT2D eigenvalue weighted by Gasteiger charge is 2.31. The normalized spacial score (nSPS) is 20.9. The second kappa shape index (κ2) is 6.20. The molecule has 0 bridgehead atoms. The van der Waals surface area contributed by atoms with Gasteiger partial charge in [-0.1, -0.05) is 5.16 Å². The molecule has 1 aliphatic rings. The first-order chi connectivity index (χ1) is 11.0. The van der Waals surface area contributed by atoms with Gasteiger partial charge < -0.3 is 19.1 Å². The molecule has 3 rings (SSSR count). The minimum Gasteiger partial charge on any atom is -0.379 e. The minimum absolute atomic E-state index is 0.00665. The molecule has 2 aromatic rings. The number of ether oxygens (including phenoxy) is 1. The molecule has 23 heavy (non-hydrogen) atoms. The summed E-state index contributed by atoms with van der Waals surface area (Å²) in [7, 11) is 1.97. The van der Waals surface area contributed by atoms with Gasteiger partial charge in [-0.3, -0.25) is 4.79 Å². The number of nitrogens with one attached hydrogen (secondary N) is 1. The van der Waals surface area contributed by atoms with Crippen molar-refractivity contribution in [3.05, 3.63) is 40.5 Å². The standard InChI is InChI=1S/C17H23N3O3/c1-10-5-14(23-19-10)7-13-8-22-9-16(13)18-17(21)15-6-11(2)20(4)12(15)3/h5-6,13,16H,7-9H2,1-4H3,(H,18,21)/t13-,16+/m1/s1. The van der Waals surface area contributed by atoms with Crippen molar-refractivity contribution in [2.24, 2.45) is 13.0 Å². The Morgan fingerprint density at radius 2 is 2.13 bits per heavy atom. The number of nitrogens with zero attached hydrogens (tertiary/aromatic N) is 2. The Kier molecular flexibility index (Phi) is 4.26. The van der Waals surface area contributed by atoms with E-state index in [4.69, 9.17) is 9.26 Å². The van der Waals surface area contributed by atoms with Crippen molar-refractivity contribution in [2.75, 3.05) is 13.2 Å². The molecule has 0 unspecified atom stereocenters. The maximum Gasteiger partial charge on any atom is 0.253 e. The fourth-order valence-electron chi connectivity index (χ4n) is 3.06. The molecule has 0 spiro atoms. The van der Waals surface area contributed by atoms with Crippen molar-refractivity contribution in [1.29, 1.82) is 0 Å². The number of rotatable bonds is 4. The number of aryl methyl sites for hydroxylation is 2. The van der Waals surface area contributed by atoms with E-state index in [1.54, 1.807) is 0 Å². The van der Waals surface area contributed by atoms with E-state index >= 15 is 0 Å². The van der Waals surface area contributed by atoms with Crippen molar-refractivity contribution in [1.82, 2.24) is 15.0 Å². The molecule has 2 aromatic heterocycles. The largest absolute Gasteiger partial charge is 0.379 e. The second-order valence-electron chi connectivity index (χ2n) is 6.36. The van der Waals surface area contributed by atoms with Crippen LogP contribution < -0.4 is 5.32 Å². The Morgan fingerprint density at radius 1 is 1.35 bits per heavy atom. The zero-order valence-corrected chi connectivity index (χ0v) is 14.0. The Bertz CT molecular complexity index is 717. The molecule has 6 heteroatoms. The van der Waals surface area contributed by atoms with E-state index in [0.29, 0.717) is 13.2 Å². The van der Waals surface area contributed by atoms with Gasteiger partial charge in [-0.05, 0) is 26.8 Å². The first kappa shape index (κ1) is 15.8. The van der Waals surface area contributed by atoms with Crippen molar-refractivity contribution < 1.29 is 14.1 Å². The third-order valence-electron chi connectivity index (χ3n) is 4.67. The van der Waals surface area contributed by atoms with Crippen LogP contribution >= 0.6 is 0 Å². The summed E-state index contributed by atoms with van der Waals surface area (Å²) in [6, 6.07) is 3.85. The molecular formula is C17H23N3O3. The molecule has 1 N–H and O–H groups in total. The number of carbonyl (C=O) groups excluding carboxylic acids is 1.